The van der Waals surface area contributed by atoms with E-state index in [1.807, 2.05) is 0 Å². The lowest BCUT2D eigenvalue weighted by atomic mass is 9.82. The highest BCUT2D eigenvalue weighted by Crippen LogP contribution is 2.47. The van der Waals surface area contributed by atoms with Crippen molar-refractivity contribution in [2.75, 3.05) is 6.26 Å². The molecular weight excluding hydrogens is 326 g/mol. The van der Waals surface area contributed by atoms with E-state index in [1.54, 1.807) is 0 Å². The second-order valence-electron chi connectivity index (χ2n) is 6.67. The van der Waals surface area contributed by atoms with Gasteiger partial charge in [-0.3, -0.25) is 4.79 Å². The average Bonchev–Trinajstić information content (AvgIpc) is 3.27. The first-order chi connectivity index (χ1) is 11.3. The van der Waals surface area contributed by atoms with Crippen molar-refractivity contribution in [3.8, 4) is 11.8 Å². The van der Waals surface area contributed by atoms with E-state index < -0.39 is 21.0 Å². The van der Waals surface area contributed by atoms with Crippen molar-refractivity contribution in [1.29, 1.82) is 0 Å². The van der Waals surface area contributed by atoms with Crippen molar-refractivity contribution in [2.45, 2.75) is 30.9 Å². The van der Waals surface area contributed by atoms with Gasteiger partial charge in [0.2, 0.25) is 0 Å². The van der Waals surface area contributed by atoms with E-state index in [-0.39, 0.29) is 23.8 Å². The molecule has 0 amide bonds. The summed E-state index contributed by atoms with van der Waals surface area (Å²) in [4.78, 5) is 24.3. The molecule has 0 N–H and O–H groups in total. The van der Waals surface area contributed by atoms with Gasteiger partial charge in [0.1, 0.15) is 5.25 Å². The number of Topliss-reactive ketones (excluding diaryl/α,β-unsaturated/α-hetero) is 1. The topological polar surface area (TPSA) is 80.6 Å². The number of allylic oxidation sites excluding steroid dienone is 4. The lowest BCUT2D eigenvalue weighted by Crippen LogP contribution is -2.26. The minimum Gasteiger partial charge on any atom is -0.298 e. The van der Waals surface area contributed by atoms with Crippen molar-refractivity contribution >= 4 is 15.6 Å². The Morgan fingerprint density at radius 1 is 1.38 bits per heavy atom. The number of fused-ring (bicyclic) bond motifs is 1. The molecule has 0 spiro atoms. The second kappa shape index (κ2) is 6.14. The van der Waals surface area contributed by atoms with E-state index in [0.717, 1.165) is 36.7 Å². The van der Waals surface area contributed by atoms with Crippen LogP contribution in [0.3, 0.4) is 0 Å². The monoisotopic (exact) mass is 345 g/mol. The summed E-state index contributed by atoms with van der Waals surface area (Å²) in [5.41, 5.74) is 1.92. The van der Waals surface area contributed by atoms with Gasteiger partial charge in [0.25, 0.3) is 0 Å². The molecule has 0 aromatic carbocycles. The van der Waals surface area contributed by atoms with E-state index in [2.05, 4.69) is 29.7 Å². The zero-order valence-corrected chi connectivity index (χ0v) is 14.3. The Labute approximate surface area is 141 Å². The molecular formula is C18H19NO4S. The molecule has 6 heteroatoms. The van der Waals surface area contributed by atoms with Gasteiger partial charge >= 0.3 is 0 Å². The number of rotatable bonds is 4. The number of hydrogen-bond donors (Lipinski definition) is 0. The van der Waals surface area contributed by atoms with Crippen molar-refractivity contribution in [2.24, 2.45) is 22.9 Å². The molecule has 0 heterocycles. The highest BCUT2D eigenvalue weighted by Gasteiger charge is 2.42. The van der Waals surface area contributed by atoms with Gasteiger partial charge in [-0.05, 0) is 36.4 Å². The Kier molecular flexibility index (Phi) is 4.31. The lowest BCUT2D eigenvalue weighted by molar-refractivity contribution is -0.123. The molecule has 5 nitrogen and oxygen atoms in total. The molecule has 0 saturated heterocycles. The highest BCUT2D eigenvalue weighted by atomic mass is 32.2. The lowest BCUT2D eigenvalue weighted by Gasteiger charge is -2.20. The molecule has 0 radical (unpaired) electrons. The molecule has 3 aliphatic carbocycles. The fraction of sp³-hybridized carbons (Fsp3) is 0.500. The molecule has 3 aliphatic rings. The number of ketones is 1. The van der Waals surface area contributed by atoms with Gasteiger partial charge in [-0.15, -0.1) is 10.8 Å². The third kappa shape index (κ3) is 3.13. The number of nitroso groups, excluding NO2 is 1. The average molecular weight is 345 g/mol. The number of carbonyl (C=O) groups is 1. The molecule has 24 heavy (non-hydrogen) atoms. The van der Waals surface area contributed by atoms with Crippen LogP contribution in [0.5, 0.6) is 0 Å². The van der Waals surface area contributed by atoms with E-state index in [1.165, 1.54) is 6.08 Å². The Bertz CT molecular complexity index is 836. The standard InChI is InChI=1S/C18H19NO4S/c1-11-5-3-6-12-9-15(12)17(11)18(20)14-8-4-7-13(24(2,22)23)10-16(14)19-21/h9-10,12-14,17H,1,3,5-6,8H2,2H3. The van der Waals surface area contributed by atoms with Crippen LogP contribution in [0.1, 0.15) is 25.7 Å². The minimum atomic E-state index is -3.47. The predicted octanol–water partition coefficient (Wildman–Crippen LogP) is 2.55. The highest BCUT2D eigenvalue weighted by molar-refractivity contribution is 7.91. The maximum Gasteiger partial charge on any atom is 0.165 e. The third-order valence-electron chi connectivity index (χ3n) is 4.89. The van der Waals surface area contributed by atoms with E-state index in [0.29, 0.717) is 5.92 Å². The van der Waals surface area contributed by atoms with E-state index in [4.69, 9.17) is 0 Å². The third-order valence-corrected chi connectivity index (χ3v) is 6.07. The zero-order valence-electron chi connectivity index (χ0n) is 13.5. The maximum absolute atomic E-state index is 13.1. The molecule has 126 valence electrons. The first kappa shape index (κ1) is 16.8. The van der Waals surface area contributed by atoms with Gasteiger partial charge in [-0.1, -0.05) is 29.7 Å². The Morgan fingerprint density at radius 2 is 2.12 bits per heavy atom. The van der Waals surface area contributed by atoms with Crippen molar-refractivity contribution in [1.82, 2.24) is 0 Å². The maximum atomic E-state index is 13.1. The van der Waals surface area contributed by atoms with Crippen molar-refractivity contribution in [3.05, 3.63) is 40.5 Å². The Balaban J connectivity index is 1.92. The molecule has 4 unspecified atom stereocenters. The fourth-order valence-corrected chi connectivity index (χ4v) is 4.17. The largest absolute Gasteiger partial charge is 0.298 e. The molecule has 1 saturated carbocycles. The summed E-state index contributed by atoms with van der Waals surface area (Å²) in [7, 11) is -3.47. The van der Waals surface area contributed by atoms with Crippen LogP contribution in [-0.4, -0.2) is 25.7 Å². The van der Waals surface area contributed by atoms with Crippen LogP contribution in [-0.2, 0) is 14.6 Å². The summed E-state index contributed by atoms with van der Waals surface area (Å²) < 4.78 is 23.5. The van der Waals surface area contributed by atoms with E-state index in [9.17, 15) is 18.1 Å². The fourth-order valence-electron chi connectivity index (χ4n) is 3.49. The minimum absolute atomic E-state index is 0.0391. The summed E-state index contributed by atoms with van der Waals surface area (Å²) in [5, 5.41) is 1.86. The SMILES string of the molecule is C=C1CCCC2C=C2C1C(=O)C1CC#CC(S(C)(=O)=O)C=C1N=O. The van der Waals surface area contributed by atoms with Gasteiger partial charge in [-0.25, -0.2) is 8.42 Å². The van der Waals surface area contributed by atoms with Crippen LogP contribution in [0.25, 0.3) is 0 Å². The van der Waals surface area contributed by atoms with Gasteiger partial charge in [-0.2, -0.15) is 0 Å². The van der Waals surface area contributed by atoms with Crippen LogP contribution in [0.15, 0.2) is 40.8 Å². The first-order valence-electron chi connectivity index (χ1n) is 7.98. The summed E-state index contributed by atoms with van der Waals surface area (Å²) in [6.45, 7) is 4.06. The van der Waals surface area contributed by atoms with Gasteiger partial charge in [0, 0.05) is 12.7 Å². The van der Waals surface area contributed by atoms with Crippen LogP contribution >= 0.6 is 0 Å². The van der Waals surface area contributed by atoms with Crippen molar-refractivity contribution in [3.63, 3.8) is 0 Å². The van der Waals surface area contributed by atoms with Crippen LogP contribution in [0.4, 0.5) is 0 Å². The second-order valence-corrected chi connectivity index (χ2v) is 8.84. The smallest absolute Gasteiger partial charge is 0.165 e. The Hall–Kier alpha value is -2.00. The van der Waals surface area contributed by atoms with Gasteiger partial charge in [0.05, 0.1) is 17.5 Å². The summed E-state index contributed by atoms with van der Waals surface area (Å²) in [5.74, 6) is 4.43. The number of nitrogens with zero attached hydrogens (tertiary/aromatic N) is 1. The number of sulfone groups is 1. The quantitative estimate of drug-likeness (QED) is 0.445. The molecule has 3 rings (SSSR count). The normalized spacial score (nSPS) is 32.1. The molecule has 0 aliphatic heterocycles. The van der Waals surface area contributed by atoms with Crippen LogP contribution < -0.4 is 0 Å². The van der Waals surface area contributed by atoms with Crippen molar-refractivity contribution < 1.29 is 13.2 Å². The predicted molar refractivity (Wildman–Crippen MR) is 91.5 cm³/mol. The zero-order chi connectivity index (χ0) is 17.5. The molecule has 0 aromatic rings. The van der Waals surface area contributed by atoms with Gasteiger partial charge in [0.15, 0.2) is 15.6 Å². The van der Waals surface area contributed by atoms with Gasteiger partial charge < -0.3 is 0 Å². The number of hydrogen-bond acceptors (Lipinski definition) is 5. The summed E-state index contributed by atoms with van der Waals surface area (Å²) in [6.07, 6.45) is 7.32. The van der Waals surface area contributed by atoms with Crippen LogP contribution in [0.2, 0.25) is 0 Å². The van der Waals surface area contributed by atoms with Crippen LogP contribution in [0, 0.1) is 34.5 Å². The Morgan fingerprint density at radius 3 is 2.79 bits per heavy atom. The molecule has 4 atom stereocenters. The van der Waals surface area contributed by atoms with E-state index >= 15 is 0 Å². The summed E-state index contributed by atoms with van der Waals surface area (Å²) >= 11 is 0. The molecule has 1 fully saturated rings. The summed E-state index contributed by atoms with van der Waals surface area (Å²) in [6, 6.07) is 0. The number of carbonyl (C=O) groups excluding carboxylic acids is 1. The first-order valence-corrected chi connectivity index (χ1v) is 9.93. The molecule has 0 bridgehead atoms. The molecule has 0 aromatic heterocycles.